The Balaban J connectivity index is 0.689. The molecular weight excluding hydrogens is 971 g/mol. The van der Waals surface area contributed by atoms with Gasteiger partial charge in [-0.05, 0) is 181 Å². The van der Waals surface area contributed by atoms with Crippen LogP contribution in [-0.2, 0) is 23.1 Å². The van der Waals surface area contributed by atoms with Crippen LogP contribution in [0, 0.1) is 17.6 Å². The van der Waals surface area contributed by atoms with Gasteiger partial charge in [0.15, 0.2) is 5.82 Å². The fourth-order valence-electron chi connectivity index (χ4n) is 14.3. The number of halogens is 2. The minimum atomic E-state index is -0.970. The van der Waals surface area contributed by atoms with E-state index in [2.05, 4.69) is 37.1 Å². The molecule has 3 aromatic heterocycles. The van der Waals surface area contributed by atoms with Gasteiger partial charge in [-0.1, -0.05) is 19.1 Å². The zero-order chi connectivity index (χ0) is 52.6. The Bertz CT molecular complexity index is 3310. The average molecular weight is 1040 g/mol. The van der Waals surface area contributed by atoms with Crippen LogP contribution in [0.15, 0.2) is 53.5 Å². The molecule has 12 rings (SSSR count). The SMILES string of the molecule is CCc1c(F)ccc2cc(O)cc(-c3ncc4c(N5CCC[C@@](C)(O)C5)nc(OC[C@@]56CCCN5[C@H](CN5CCC(CN7CCC(c8ccc9c(c8)n(C)c(=O)n9C8CCC(=O)NC8=O)CC7)CC5)CC6)nc4c3F)c12. The van der Waals surface area contributed by atoms with E-state index in [0.29, 0.717) is 84.4 Å². The molecule has 0 saturated carbocycles. The molecule has 0 bridgehead atoms. The lowest BCUT2D eigenvalue weighted by Gasteiger charge is -2.40. The van der Waals surface area contributed by atoms with Crippen LogP contribution in [0.3, 0.4) is 0 Å². The number of anilines is 1. The second-order valence-corrected chi connectivity index (χ2v) is 23.3. The number of nitrogens with zero attached hydrogens (tertiary/aromatic N) is 9. The smallest absolute Gasteiger partial charge is 0.329 e. The van der Waals surface area contributed by atoms with Gasteiger partial charge >= 0.3 is 11.7 Å². The highest BCUT2D eigenvalue weighted by molar-refractivity contribution is 6.02. The maximum atomic E-state index is 17.3. The second kappa shape index (κ2) is 20.1. The molecule has 1 unspecified atom stereocenters. The summed E-state index contributed by atoms with van der Waals surface area (Å²) in [6.07, 6.45) is 12.4. The number of fused-ring (bicyclic) bond motifs is 4. The molecule has 3 N–H and O–H groups in total. The Hall–Kier alpha value is -6.08. The highest BCUT2D eigenvalue weighted by Gasteiger charge is 2.50. The van der Waals surface area contributed by atoms with Crippen molar-refractivity contribution >= 4 is 50.3 Å². The Morgan fingerprint density at radius 1 is 0.855 bits per heavy atom. The summed E-state index contributed by atoms with van der Waals surface area (Å²) in [7, 11) is 1.76. The largest absolute Gasteiger partial charge is 0.508 e. The molecule has 402 valence electrons. The first-order valence-corrected chi connectivity index (χ1v) is 27.8. The van der Waals surface area contributed by atoms with Gasteiger partial charge in [-0.25, -0.2) is 13.6 Å². The summed E-state index contributed by atoms with van der Waals surface area (Å²) < 4.78 is 42.4. The number of carbonyl (C=O) groups excluding carboxylic acids is 2. The molecule has 76 heavy (non-hydrogen) atoms. The minimum Gasteiger partial charge on any atom is -0.508 e. The van der Waals surface area contributed by atoms with E-state index in [-0.39, 0.29) is 52.1 Å². The first kappa shape index (κ1) is 50.7. The van der Waals surface area contributed by atoms with E-state index >= 15 is 8.78 Å². The van der Waals surface area contributed by atoms with E-state index in [4.69, 9.17) is 14.7 Å². The molecule has 18 heteroatoms. The molecule has 6 aliphatic rings. The number of carbonyl (C=O) groups is 2. The van der Waals surface area contributed by atoms with E-state index < -0.39 is 29.2 Å². The number of phenolic OH excluding ortho intramolecular Hbond substituents is 1. The van der Waals surface area contributed by atoms with Gasteiger partial charge < -0.3 is 29.6 Å². The fraction of sp³-hybridized carbons (Fsp3) is 0.552. The van der Waals surface area contributed by atoms with Crippen molar-refractivity contribution in [2.45, 2.75) is 126 Å². The summed E-state index contributed by atoms with van der Waals surface area (Å²) in [6, 6.07) is 11.9. The Morgan fingerprint density at radius 3 is 2.41 bits per heavy atom. The molecule has 0 radical (unpaired) electrons. The van der Waals surface area contributed by atoms with E-state index in [9.17, 15) is 24.6 Å². The molecule has 4 atom stereocenters. The normalized spacial score (nSPS) is 25.6. The Labute approximate surface area is 441 Å². The number of imide groups is 1. The highest BCUT2D eigenvalue weighted by Crippen LogP contribution is 2.45. The van der Waals surface area contributed by atoms with Gasteiger partial charge in [0.25, 0.3) is 0 Å². The number of amides is 2. The molecule has 6 fully saturated rings. The van der Waals surface area contributed by atoms with Crippen LogP contribution in [0.25, 0.3) is 44.0 Å². The number of β-amino-alcohol motifs (C(OH)–C–C–N with tert-alkyl or cyclic N) is 1. The number of aryl methyl sites for hydroxylation is 2. The number of aliphatic hydroxyl groups is 1. The zero-order valence-electron chi connectivity index (χ0n) is 44.0. The van der Waals surface area contributed by atoms with Crippen molar-refractivity contribution in [2.24, 2.45) is 13.0 Å². The standard InChI is InChI=1S/C58H70F2N10O6/c1-4-41-44(59)9-7-38-27-40(71)29-42(49(38)41)51-50(60)52-43(30-61-51)53(68-21-5-18-57(2,75)33-68)64-55(63-52)76-34-58-19-6-22-69(58)39(13-20-58)32-67-23-14-35(15-24-67)31-66-25-16-36(17-26-66)37-8-10-45-47(28-37)65(3)56(74)70(45)46-11-12-48(72)62-54(46)73/h7-10,27-30,35-36,39,46,71,75H,4-6,11-26,31-34H2,1-3H3,(H,62,72,73)/t39-,46?,57+,58-/m0/s1. The number of phenols is 1. The molecule has 0 aliphatic carbocycles. The highest BCUT2D eigenvalue weighted by atomic mass is 19.1. The van der Waals surface area contributed by atoms with Gasteiger partial charge in [0.05, 0.1) is 27.6 Å². The van der Waals surface area contributed by atoms with Crippen molar-refractivity contribution in [3.05, 3.63) is 81.9 Å². The number of nitrogens with one attached hydrogen (secondary N) is 1. The van der Waals surface area contributed by atoms with Crippen LogP contribution in [0.1, 0.15) is 114 Å². The van der Waals surface area contributed by atoms with Gasteiger partial charge in [-0.3, -0.25) is 33.9 Å². The quantitative estimate of drug-likeness (QED) is 0.104. The lowest BCUT2D eigenvalue weighted by atomic mass is 9.88. The molecule has 6 saturated heterocycles. The lowest BCUT2D eigenvalue weighted by molar-refractivity contribution is -0.135. The Kier molecular flexibility index (Phi) is 13.4. The summed E-state index contributed by atoms with van der Waals surface area (Å²) in [5.41, 5.74) is 2.03. The number of pyridine rings is 1. The summed E-state index contributed by atoms with van der Waals surface area (Å²) >= 11 is 0. The molecule has 2 amide bonds. The van der Waals surface area contributed by atoms with E-state index in [1.165, 1.54) is 30.5 Å². The fourth-order valence-corrected chi connectivity index (χ4v) is 14.3. The third-order valence-electron chi connectivity index (χ3n) is 18.3. The second-order valence-electron chi connectivity index (χ2n) is 23.3. The van der Waals surface area contributed by atoms with E-state index in [1.807, 2.05) is 17.9 Å². The first-order chi connectivity index (χ1) is 36.7. The minimum absolute atomic E-state index is 0.0183. The van der Waals surface area contributed by atoms with Crippen LogP contribution < -0.4 is 20.6 Å². The van der Waals surface area contributed by atoms with Gasteiger partial charge in [-0.2, -0.15) is 9.97 Å². The summed E-state index contributed by atoms with van der Waals surface area (Å²) in [5, 5.41) is 25.8. The average Bonchev–Trinajstić information content (AvgIpc) is 4.14. The van der Waals surface area contributed by atoms with Crippen molar-refractivity contribution in [3.8, 4) is 23.0 Å². The molecule has 6 aromatic rings. The van der Waals surface area contributed by atoms with Gasteiger partial charge in [0.1, 0.15) is 41.2 Å². The summed E-state index contributed by atoms with van der Waals surface area (Å²) in [6.45, 7) is 12.3. The van der Waals surface area contributed by atoms with Crippen LogP contribution >= 0.6 is 0 Å². The molecule has 3 aromatic carbocycles. The van der Waals surface area contributed by atoms with E-state index in [1.54, 1.807) is 41.4 Å². The summed E-state index contributed by atoms with van der Waals surface area (Å²) in [5.74, 6) is -0.422. The molecular formula is C58H70F2N10O6. The van der Waals surface area contributed by atoms with Crippen molar-refractivity contribution in [1.82, 2.24) is 44.1 Å². The van der Waals surface area contributed by atoms with Crippen LogP contribution in [-0.4, -0.2) is 144 Å². The van der Waals surface area contributed by atoms with E-state index in [0.717, 1.165) is 102 Å². The molecule has 9 heterocycles. The number of piperidine rings is 4. The number of hydrogen-bond donors (Lipinski definition) is 3. The molecule has 6 aliphatic heterocycles. The van der Waals surface area contributed by atoms with Gasteiger partial charge in [0, 0.05) is 57.4 Å². The predicted octanol–water partition coefficient (Wildman–Crippen LogP) is 7.34. The van der Waals surface area contributed by atoms with Gasteiger partial charge in [-0.15, -0.1) is 0 Å². The number of likely N-dealkylation sites (tertiary alicyclic amines) is 2. The van der Waals surface area contributed by atoms with Crippen molar-refractivity contribution < 1.29 is 33.3 Å². The topological polar surface area (TPSA) is 174 Å². The van der Waals surface area contributed by atoms with Crippen molar-refractivity contribution in [2.75, 3.05) is 70.4 Å². The first-order valence-electron chi connectivity index (χ1n) is 27.8. The van der Waals surface area contributed by atoms with Gasteiger partial charge in [0.2, 0.25) is 11.8 Å². The van der Waals surface area contributed by atoms with Crippen LogP contribution in [0.5, 0.6) is 11.8 Å². The number of rotatable bonds is 12. The third kappa shape index (κ3) is 9.29. The van der Waals surface area contributed by atoms with Crippen molar-refractivity contribution in [3.63, 3.8) is 0 Å². The maximum absolute atomic E-state index is 17.3. The lowest BCUT2D eigenvalue weighted by Crippen LogP contribution is -2.51. The number of aromatic hydroxyl groups is 1. The number of ether oxygens (including phenoxy) is 1. The molecule has 0 spiro atoms. The number of hydrogen-bond acceptors (Lipinski definition) is 13. The Morgan fingerprint density at radius 2 is 1.63 bits per heavy atom. The van der Waals surface area contributed by atoms with Crippen molar-refractivity contribution in [1.29, 1.82) is 0 Å². The summed E-state index contributed by atoms with van der Waals surface area (Å²) in [4.78, 5) is 62.1. The monoisotopic (exact) mass is 1040 g/mol. The molecule has 16 nitrogen and oxygen atoms in total. The van der Waals surface area contributed by atoms with Crippen LogP contribution in [0.4, 0.5) is 14.6 Å². The zero-order valence-corrected chi connectivity index (χ0v) is 44.0. The van der Waals surface area contributed by atoms with Crippen LogP contribution in [0.2, 0.25) is 0 Å². The predicted molar refractivity (Wildman–Crippen MR) is 287 cm³/mol. The number of benzene rings is 3. The number of aromatic nitrogens is 5. The number of imidazole rings is 1. The maximum Gasteiger partial charge on any atom is 0.329 e. The third-order valence-corrected chi connectivity index (χ3v) is 18.3.